The zero-order chi connectivity index (χ0) is 18.1. The molecule has 26 heavy (non-hydrogen) atoms. The van der Waals surface area contributed by atoms with E-state index in [0.29, 0.717) is 0 Å². The molecule has 5 heteroatoms. The predicted octanol–water partition coefficient (Wildman–Crippen LogP) is 4.98. The average molecular weight is 369 g/mol. The summed E-state index contributed by atoms with van der Waals surface area (Å²) in [6.07, 6.45) is 7.87. The van der Waals surface area contributed by atoms with E-state index >= 15 is 0 Å². The number of halogens is 1. The first-order valence-corrected chi connectivity index (χ1v) is 9.84. The van der Waals surface area contributed by atoms with E-state index in [0.717, 1.165) is 46.5 Å². The van der Waals surface area contributed by atoms with Gasteiger partial charge in [0, 0.05) is 41.6 Å². The number of aryl methyl sites for hydroxylation is 1. The Kier molecular flexibility index (Phi) is 4.96. The van der Waals surface area contributed by atoms with Crippen molar-refractivity contribution < 1.29 is 0 Å². The fourth-order valence-corrected chi connectivity index (χ4v) is 4.11. The lowest BCUT2D eigenvalue weighted by Gasteiger charge is -2.16. The molecule has 1 atom stereocenters. The molecule has 0 spiro atoms. The minimum absolute atomic E-state index is 0.745. The Morgan fingerprint density at radius 1 is 1.23 bits per heavy atom. The third-order valence-electron chi connectivity index (χ3n) is 5.26. The molecule has 136 valence electrons. The minimum Gasteiger partial charge on any atom is -0.299 e. The van der Waals surface area contributed by atoms with Crippen molar-refractivity contribution in [3.8, 4) is 11.3 Å². The fourth-order valence-electron chi connectivity index (χ4n) is 3.99. The molecule has 0 saturated carbocycles. The Morgan fingerprint density at radius 3 is 2.81 bits per heavy atom. The van der Waals surface area contributed by atoms with Crippen molar-refractivity contribution in [2.24, 2.45) is 5.92 Å². The number of fused-ring (bicyclic) bond motifs is 1. The highest BCUT2D eigenvalue weighted by Gasteiger charge is 2.25. The summed E-state index contributed by atoms with van der Waals surface area (Å²) >= 11 is 6.08. The molecule has 0 aliphatic carbocycles. The molecule has 1 aliphatic heterocycles. The lowest BCUT2D eigenvalue weighted by molar-refractivity contribution is 0.314. The second kappa shape index (κ2) is 7.37. The monoisotopic (exact) mass is 368 g/mol. The number of hydrogen-bond donors (Lipinski definition) is 0. The van der Waals surface area contributed by atoms with E-state index in [2.05, 4.69) is 23.0 Å². The quantitative estimate of drug-likeness (QED) is 0.636. The first-order valence-electron chi connectivity index (χ1n) is 9.46. The van der Waals surface area contributed by atoms with Crippen LogP contribution in [0.25, 0.3) is 16.9 Å². The molecule has 2 aromatic heterocycles. The summed E-state index contributed by atoms with van der Waals surface area (Å²) in [6, 6.07) is 7.95. The molecule has 1 fully saturated rings. The van der Waals surface area contributed by atoms with Crippen LogP contribution in [0.4, 0.5) is 0 Å². The van der Waals surface area contributed by atoms with Gasteiger partial charge in [-0.2, -0.15) is 5.10 Å². The van der Waals surface area contributed by atoms with E-state index in [-0.39, 0.29) is 0 Å². The first kappa shape index (κ1) is 17.5. The lowest BCUT2D eigenvalue weighted by Crippen LogP contribution is -2.20. The van der Waals surface area contributed by atoms with Gasteiger partial charge in [0.05, 0.1) is 5.69 Å². The molecule has 3 heterocycles. The number of hydrogen-bond acceptors (Lipinski definition) is 3. The van der Waals surface area contributed by atoms with E-state index in [4.69, 9.17) is 16.7 Å². The van der Waals surface area contributed by atoms with Gasteiger partial charge in [-0.25, -0.2) is 9.50 Å². The maximum atomic E-state index is 6.08. The molecule has 1 aromatic carbocycles. The van der Waals surface area contributed by atoms with Crippen LogP contribution in [0, 0.1) is 12.8 Å². The molecule has 0 amide bonds. The summed E-state index contributed by atoms with van der Waals surface area (Å²) in [6.45, 7) is 7.56. The fraction of sp³-hybridized carbons (Fsp3) is 0.429. The Balaban J connectivity index is 1.71. The SMILES string of the molecule is CCCC1CCN(Cc2c(-c3ccc(Cl)cc3)nn3cc(C)cnc23)C1. The molecule has 0 radical (unpaired) electrons. The van der Waals surface area contributed by atoms with Crippen LogP contribution in [-0.4, -0.2) is 32.6 Å². The van der Waals surface area contributed by atoms with Crippen molar-refractivity contribution in [3.05, 3.63) is 52.8 Å². The summed E-state index contributed by atoms with van der Waals surface area (Å²) in [5.41, 5.74) is 5.39. The predicted molar refractivity (Wildman–Crippen MR) is 106 cm³/mol. The Labute approximate surface area is 159 Å². The Morgan fingerprint density at radius 2 is 2.04 bits per heavy atom. The number of aromatic nitrogens is 3. The van der Waals surface area contributed by atoms with Gasteiger partial charge in [-0.15, -0.1) is 0 Å². The smallest absolute Gasteiger partial charge is 0.160 e. The standard InChI is InChI=1S/C21H25ClN4/c1-3-4-16-9-10-25(13-16)14-19-20(17-5-7-18(22)8-6-17)24-26-12-15(2)11-23-21(19)26/h5-8,11-12,16H,3-4,9-10,13-14H2,1-2H3. The van der Waals surface area contributed by atoms with Crippen molar-refractivity contribution in [1.82, 2.24) is 19.5 Å². The van der Waals surface area contributed by atoms with Crippen molar-refractivity contribution >= 4 is 17.2 Å². The van der Waals surface area contributed by atoms with Crippen LogP contribution in [-0.2, 0) is 6.54 Å². The molecule has 0 bridgehead atoms. The topological polar surface area (TPSA) is 33.4 Å². The molecule has 0 N–H and O–H groups in total. The Bertz CT molecular complexity index is 900. The van der Waals surface area contributed by atoms with E-state index in [9.17, 15) is 0 Å². The number of nitrogens with zero attached hydrogens (tertiary/aromatic N) is 4. The number of benzene rings is 1. The van der Waals surface area contributed by atoms with Crippen molar-refractivity contribution in [2.45, 2.75) is 39.7 Å². The molecule has 4 rings (SSSR count). The van der Waals surface area contributed by atoms with Gasteiger partial charge >= 0.3 is 0 Å². The second-order valence-electron chi connectivity index (χ2n) is 7.41. The highest BCUT2D eigenvalue weighted by Crippen LogP contribution is 2.30. The molecule has 1 unspecified atom stereocenters. The zero-order valence-electron chi connectivity index (χ0n) is 15.5. The van der Waals surface area contributed by atoms with Gasteiger partial charge in [0.15, 0.2) is 5.65 Å². The van der Waals surface area contributed by atoms with Crippen LogP contribution < -0.4 is 0 Å². The summed E-state index contributed by atoms with van der Waals surface area (Å²) < 4.78 is 1.92. The van der Waals surface area contributed by atoms with Gasteiger partial charge in [0.1, 0.15) is 0 Å². The van der Waals surface area contributed by atoms with E-state index < -0.39 is 0 Å². The molecule has 3 aromatic rings. The van der Waals surface area contributed by atoms with E-state index in [1.807, 2.05) is 41.9 Å². The Hall–Kier alpha value is -1.91. The summed E-state index contributed by atoms with van der Waals surface area (Å²) in [5, 5.41) is 5.60. The zero-order valence-corrected chi connectivity index (χ0v) is 16.2. The summed E-state index contributed by atoms with van der Waals surface area (Å²) in [7, 11) is 0. The summed E-state index contributed by atoms with van der Waals surface area (Å²) in [4.78, 5) is 7.24. The van der Waals surface area contributed by atoms with Crippen LogP contribution in [0.2, 0.25) is 5.02 Å². The van der Waals surface area contributed by atoms with Crippen LogP contribution in [0.15, 0.2) is 36.7 Å². The minimum atomic E-state index is 0.745. The van der Waals surface area contributed by atoms with E-state index in [1.165, 1.54) is 31.4 Å². The maximum absolute atomic E-state index is 6.08. The van der Waals surface area contributed by atoms with Crippen molar-refractivity contribution in [1.29, 1.82) is 0 Å². The normalized spacial score (nSPS) is 18.0. The van der Waals surface area contributed by atoms with Gasteiger partial charge < -0.3 is 0 Å². The van der Waals surface area contributed by atoms with Crippen LogP contribution in [0.1, 0.15) is 37.3 Å². The van der Waals surface area contributed by atoms with Crippen LogP contribution >= 0.6 is 11.6 Å². The van der Waals surface area contributed by atoms with E-state index in [1.54, 1.807) is 0 Å². The number of rotatable bonds is 5. The molecular formula is C21H25ClN4. The summed E-state index contributed by atoms with van der Waals surface area (Å²) in [5.74, 6) is 0.830. The molecule has 1 aliphatic rings. The molecular weight excluding hydrogens is 344 g/mol. The lowest BCUT2D eigenvalue weighted by atomic mass is 10.0. The van der Waals surface area contributed by atoms with Gasteiger partial charge in [-0.3, -0.25) is 4.90 Å². The molecule has 1 saturated heterocycles. The van der Waals surface area contributed by atoms with Crippen molar-refractivity contribution in [3.63, 3.8) is 0 Å². The van der Waals surface area contributed by atoms with Gasteiger partial charge in [0.2, 0.25) is 0 Å². The third kappa shape index (κ3) is 3.49. The second-order valence-corrected chi connectivity index (χ2v) is 7.85. The number of likely N-dealkylation sites (tertiary alicyclic amines) is 1. The highest BCUT2D eigenvalue weighted by molar-refractivity contribution is 6.30. The highest BCUT2D eigenvalue weighted by atomic mass is 35.5. The third-order valence-corrected chi connectivity index (χ3v) is 5.52. The van der Waals surface area contributed by atoms with Crippen LogP contribution in [0.3, 0.4) is 0 Å². The van der Waals surface area contributed by atoms with Gasteiger partial charge in [-0.1, -0.05) is 37.1 Å². The maximum Gasteiger partial charge on any atom is 0.160 e. The molecule has 4 nitrogen and oxygen atoms in total. The van der Waals surface area contributed by atoms with Gasteiger partial charge in [-0.05, 0) is 49.9 Å². The van der Waals surface area contributed by atoms with Crippen LogP contribution in [0.5, 0.6) is 0 Å². The average Bonchev–Trinajstić information content (AvgIpc) is 3.21. The van der Waals surface area contributed by atoms with Crippen molar-refractivity contribution in [2.75, 3.05) is 13.1 Å². The first-order chi connectivity index (χ1) is 12.6. The van der Waals surface area contributed by atoms with Gasteiger partial charge in [0.25, 0.3) is 0 Å². The largest absolute Gasteiger partial charge is 0.299 e.